The molecule has 1 aliphatic heterocycles. The number of rotatable bonds is 2. The predicted molar refractivity (Wildman–Crippen MR) is 114 cm³/mol. The van der Waals surface area contributed by atoms with Crippen LogP contribution in [-0.4, -0.2) is 21.2 Å². The topological polar surface area (TPSA) is 33.5 Å². The van der Waals surface area contributed by atoms with Gasteiger partial charge >= 0.3 is 0 Å². The number of hydrogen-bond acceptors (Lipinski definition) is 4. The number of thioether (sulfide) groups is 1. The molecule has 5 heteroatoms. The van der Waals surface area contributed by atoms with E-state index in [1.165, 1.54) is 43.9 Å². The minimum absolute atomic E-state index is 0.0599. The van der Waals surface area contributed by atoms with Crippen molar-refractivity contribution in [2.75, 3.05) is 0 Å². The highest BCUT2D eigenvalue weighted by molar-refractivity contribution is 8.26. The summed E-state index contributed by atoms with van der Waals surface area (Å²) < 4.78 is 6.57. The Kier molecular flexibility index (Phi) is 4.60. The van der Waals surface area contributed by atoms with Gasteiger partial charge in [-0.15, -0.1) is 0 Å². The highest BCUT2D eigenvalue weighted by atomic mass is 32.2. The molecule has 2 heterocycles. The minimum atomic E-state index is 0.0599. The molecule has 1 saturated heterocycles. The number of hydrogen-bond donors (Lipinski definition) is 0. The lowest BCUT2D eigenvalue weighted by atomic mass is 9.69. The van der Waals surface area contributed by atoms with E-state index in [0.29, 0.717) is 15.0 Å². The van der Waals surface area contributed by atoms with Crippen LogP contribution in [0.25, 0.3) is 17.0 Å². The van der Waals surface area contributed by atoms with Crippen LogP contribution < -0.4 is 0 Å². The van der Waals surface area contributed by atoms with E-state index in [2.05, 4.69) is 0 Å². The lowest BCUT2D eigenvalue weighted by Gasteiger charge is -2.41. The first-order valence-corrected chi connectivity index (χ1v) is 11.2. The predicted octanol–water partition coefficient (Wildman–Crippen LogP) is 5.99. The van der Waals surface area contributed by atoms with Crippen LogP contribution in [0.4, 0.5) is 0 Å². The van der Waals surface area contributed by atoms with Crippen molar-refractivity contribution in [2.45, 2.75) is 51.0 Å². The average Bonchev–Trinajstić information content (AvgIpc) is 3.21. The van der Waals surface area contributed by atoms with E-state index in [4.69, 9.17) is 16.6 Å². The normalized spacial score (nSPS) is 30.3. The molecule has 2 aromatic rings. The molecule has 2 saturated carbocycles. The fourth-order valence-corrected chi connectivity index (χ4v) is 6.46. The smallest absolute Gasteiger partial charge is 0.266 e. The lowest BCUT2D eigenvalue weighted by Crippen LogP contribution is -2.44. The summed E-state index contributed by atoms with van der Waals surface area (Å²) in [4.78, 5) is 15.7. The van der Waals surface area contributed by atoms with Gasteiger partial charge in [-0.25, -0.2) is 0 Å². The molecule has 0 spiro atoms. The zero-order valence-electron chi connectivity index (χ0n) is 15.2. The maximum absolute atomic E-state index is 13.1. The second-order valence-corrected chi connectivity index (χ2v) is 9.69. The van der Waals surface area contributed by atoms with E-state index in [-0.39, 0.29) is 11.9 Å². The molecule has 3 nitrogen and oxygen atoms in total. The van der Waals surface area contributed by atoms with E-state index in [9.17, 15) is 4.79 Å². The van der Waals surface area contributed by atoms with Crippen LogP contribution in [0, 0.1) is 11.8 Å². The largest absolute Gasteiger partial charge is 0.457 e. The standard InChI is InChI=1S/C22H23NO2S2/c24-21-20(13-18-12-16-7-3-4-8-19(16)25-18)27-22(26)23(21)17-10-9-14-5-1-2-6-15(14)11-17/h3-4,7-8,12-15,17H,1-2,5-6,9-11H2. The molecule has 2 aliphatic carbocycles. The second kappa shape index (κ2) is 7.10. The number of furan rings is 1. The summed E-state index contributed by atoms with van der Waals surface area (Å²) in [6.45, 7) is 0. The summed E-state index contributed by atoms with van der Waals surface area (Å²) >= 11 is 7.02. The van der Waals surface area contributed by atoms with E-state index >= 15 is 0 Å². The first-order valence-electron chi connectivity index (χ1n) is 9.95. The number of carbonyl (C=O) groups is 1. The summed E-state index contributed by atoms with van der Waals surface area (Å²) in [5.41, 5.74) is 0.842. The van der Waals surface area contributed by atoms with Crippen molar-refractivity contribution in [1.82, 2.24) is 4.90 Å². The van der Waals surface area contributed by atoms with Gasteiger partial charge in [0.1, 0.15) is 15.7 Å². The molecule has 3 fully saturated rings. The number of fused-ring (bicyclic) bond motifs is 2. The number of amides is 1. The van der Waals surface area contributed by atoms with Crippen LogP contribution in [0.5, 0.6) is 0 Å². The Balaban J connectivity index is 1.36. The molecular weight excluding hydrogens is 374 g/mol. The van der Waals surface area contributed by atoms with Crippen LogP contribution >= 0.6 is 24.0 Å². The van der Waals surface area contributed by atoms with Gasteiger partial charge in [-0.2, -0.15) is 0 Å². The van der Waals surface area contributed by atoms with E-state index in [1.54, 1.807) is 0 Å². The van der Waals surface area contributed by atoms with Gasteiger partial charge in [-0.3, -0.25) is 9.69 Å². The third-order valence-corrected chi connectivity index (χ3v) is 7.75. The SMILES string of the molecule is O=C1C(=Cc2cc3ccccc3o2)SC(=S)N1C1CCC2CCCCC2C1. The zero-order valence-corrected chi connectivity index (χ0v) is 16.9. The number of nitrogens with zero attached hydrogens (tertiary/aromatic N) is 1. The first-order chi connectivity index (χ1) is 13.2. The highest BCUT2D eigenvalue weighted by Gasteiger charge is 2.41. The molecule has 140 valence electrons. The number of para-hydroxylation sites is 1. The van der Waals surface area contributed by atoms with Crippen LogP contribution in [0.2, 0.25) is 0 Å². The second-order valence-electron chi connectivity index (χ2n) is 8.01. The number of thiocarbonyl (C=S) groups is 1. The number of carbonyl (C=O) groups excluding carboxylic acids is 1. The molecule has 3 atom stereocenters. The third-order valence-electron chi connectivity index (χ3n) is 6.42. The summed E-state index contributed by atoms with van der Waals surface area (Å²) in [6.07, 6.45) is 10.7. The van der Waals surface area contributed by atoms with Crippen molar-refractivity contribution in [3.8, 4) is 0 Å². The van der Waals surface area contributed by atoms with Gasteiger partial charge in [0.2, 0.25) is 0 Å². The Bertz CT molecular complexity index is 898. The Morgan fingerprint density at radius 2 is 1.93 bits per heavy atom. The summed E-state index contributed by atoms with van der Waals surface area (Å²) in [6, 6.07) is 10.2. The molecule has 1 aromatic carbocycles. The molecular formula is C22H23NO2S2. The molecule has 27 heavy (non-hydrogen) atoms. The Morgan fingerprint density at radius 3 is 2.78 bits per heavy atom. The molecule has 5 rings (SSSR count). The molecule has 0 bridgehead atoms. The number of benzene rings is 1. The van der Waals surface area contributed by atoms with E-state index in [1.807, 2.05) is 41.3 Å². The fourth-order valence-electron chi connectivity index (χ4n) is 5.08. The Hall–Kier alpha value is -1.59. The van der Waals surface area contributed by atoms with Gasteiger partial charge in [0.25, 0.3) is 5.91 Å². The average molecular weight is 398 g/mol. The van der Waals surface area contributed by atoms with Crippen LogP contribution in [-0.2, 0) is 4.79 Å². The molecule has 0 radical (unpaired) electrons. The van der Waals surface area contributed by atoms with E-state index < -0.39 is 0 Å². The van der Waals surface area contributed by atoms with Crippen molar-refractivity contribution in [3.05, 3.63) is 41.0 Å². The highest BCUT2D eigenvalue weighted by Crippen LogP contribution is 2.44. The van der Waals surface area contributed by atoms with Gasteiger partial charge in [-0.1, -0.05) is 67.9 Å². The van der Waals surface area contributed by atoms with Gasteiger partial charge in [-0.05, 0) is 43.2 Å². The quantitative estimate of drug-likeness (QED) is 0.460. The molecule has 3 unspecified atom stereocenters. The van der Waals surface area contributed by atoms with Crippen molar-refractivity contribution >= 4 is 51.3 Å². The van der Waals surface area contributed by atoms with E-state index in [0.717, 1.165) is 35.6 Å². The van der Waals surface area contributed by atoms with Crippen molar-refractivity contribution in [1.29, 1.82) is 0 Å². The third kappa shape index (κ3) is 3.25. The molecule has 0 N–H and O–H groups in total. The van der Waals surface area contributed by atoms with Crippen molar-refractivity contribution in [2.24, 2.45) is 11.8 Å². The van der Waals surface area contributed by atoms with Gasteiger partial charge in [0.05, 0.1) is 4.91 Å². The lowest BCUT2D eigenvalue weighted by molar-refractivity contribution is -0.124. The summed E-state index contributed by atoms with van der Waals surface area (Å²) in [5, 5.41) is 1.05. The molecule has 1 amide bonds. The fraction of sp³-hybridized carbons (Fsp3) is 0.455. The van der Waals surface area contributed by atoms with Crippen LogP contribution in [0.3, 0.4) is 0 Å². The van der Waals surface area contributed by atoms with Gasteiger partial charge in [0.15, 0.2) is 0 Å². The van der Waals surface area contributed by atoms with Crippen LogP contribution in [0.1, 0.15) is 50.7 Å². The summed E-state index contributed by atoms with van der Waals surface area (Å²) in [7, 11) is 0. The first kappa shape index (κ1) is 17.5. The molecule has 1 aromatic heterocycles. The Labute approximate surface area is 169 Å². The van der Waals surface area contributed by atoms with Crippen molar-refractivity contribution < 1.29 is 9.21 Å². The minimum Gasteiger partial charge on any atom is -0.457 e. The van der Waals surface area contributed by atoms with Crippen molar-refractivity contribution in [3.63, 3.8) is 0 Å². The monoisotopic (exact) mass is 397 g/mol. The van der Waals surface area contributed by atoms with Crippen LogP contribution in [0.15, 0.2) is 39.7 Å². The Morgan fingerprint density at radius 1 is 1.11 bits per heavy atom. The molecule has 3 aliphatic rings. The van der Waals surface area contributed by atoms with Gasteiger partial charge < -0.3 is 4.42 Å². The maximum Gasteiger partial charge on any atom is 0.266 e. The zero-order chi connectivity index (χ0) is 18.4. The summed E-state index contributed by atoms with van der Waals surface area (Å²) in [5.74, 6) is 2.43. The van der Waals surface area contributed by atoms with Gasteiger partial charge in [0, 0.05) is 17.5 Å². The maximum atomic E-state index is 13.1.